The lowest BCUT2D eigenvalue weighted by Crippen LogP contribution is -2.04. The zero-order valence-corrected chi connectivity index (χ0v) is 10.1. The van der Waals surface area contributed by atoms with E-state index in [1.807, 2.05) is 12.1 Å². The van der Waals surface area contributed by atoms with Crippen LogP contribution < -0.4 is 10.5 Å². The van der Waals surface area contributed by atoms with Crippen LogP contribution in [0.4, 0.5) is 0 Å². The zero-order chi connectivity index (χ0) is 12.3. The number of benzene rings is 1. The molecular weight excluding hydrogens is 242 g/mol. The van der Waals surface area contributed by atoms with Crippen LogP contribution >= 0.6 is 11.6 Å². The van der Waals surface area contributed by atoms with Crippen LogP contribution in [0.5, 0.6) is 5.75 Å². The van der Waals surface area contributed by atoms with Crippen LogP contribution in [0.2, 0.25) is 5.02 Å². The SMILES string of the molecule is Cc1nc(COc2c(Cl)cccc2CN)no1. The smallest absolute Gasteiger partial charge is 0.223 e. The molecule has 0 atom stereocenters. The predicted molar refractivity (Wildman–Crippen MR) is 62.7 cm³/mol. The van der Waals surface area contributed by atoms with Crippen LogP contribution in [0, 0.1) is 6.92 Å². The number of hydrogen-bond acceptors (Lipinski definition) is 5. The van der Waals surface area contributed by atoms with Crippen LogP contribution in [0.15, 0.2) is 22.7 Å². The molecule has 0 fully saturated rings. The highest BCUT2D eigenvalue weighted by molar-refractivity contribution is 6.32. The average molecular weight is 254 g/mol. The van der Waals surface area contributed by atoms with Crippen LogP contribution in [-0.2, 0) is 13.2 Å². The molecule has 1 heterocycles. The summed E-state index contributed by atoms with van der Waals surface area (Å²) in [6.07, 6.45) is 0. The summed E-state index contributed by atoms with van der Waals surface area (Å²) in [5, 5.41) is 4.25. The largest absolute Gasteiger partial charge is 0.484 e. The number of halogens is 1. The summed E-state index contributed by atoms with van der Waals surface area (Å²) in [5.41, 5.74) is 6.45. The highest BCUT2D eigenvalue weighted by Crippen LogP contribution is 2.28. The fourth-order valence-corrected chi connectivity index (χ4v) is 1.66. The summed E-state index contributed by atoms with van der Waals surface area (Å²) in [6, 6.07) is 5.44. The lowest BCUT2D eigenvalue weighted by atomic mass is 10.2. The molecule has 0 radical (unpaired) electrons. The van der Waals surface area contributed by atoms with Gasteiger partial charge in [0.05, 0.1) is 5.02 Å². The fourth-order valence-electron chi connectivity index (χ4n) is 1.41. The first kappa shape index (κ1) is 11.9. The first-order chi connectivity index (χ1) is 8.20. The Labute approximate surface area is 104 Å². The molecule has 5 nitrogen and oxygen atoms in total. The van der Waals surface area contributed by atoms with E-state index in [1.54, 1.807) is 13.0 Å². The molecule has 90 valence electrons. The number of nitrogens with two attached hydrogens (primary N) is 1. The van der Waals surface area contributed by atoms with Gasteiger partial charge in [-0.2, -0.15) is 4.98 Å². The molecule has 0 aliphatic rings. The van der Waals surface area contributed by atoms with Crippen molar-refractivity contribution in [3.05, 3.63) is 40.5 Å². The monoisotopic (exact) mass is 253 g/mol. The standard InChI is InChI=1S/C11H12ClN3O2/c1-7-14-10(15-17-7)6-16-11-8(5-13)3-2-4-9(11)12/h2-4H,5-6,13H2,1H3. The lowest BCUT2D eigenvalue weighted by molar-refractivity contribution is 0.283. The van der Waals surface area contributed by atoms with E-state index >= 15 is 0 Å². The molecule has 0 aliphatic carbocycles. The molecule has 2 rings (SSSR count). The Hall–Kier alpha value is -1.59. The van der Waals surface area contributed by atoms with Crippen molar-refractivity contribution in [2.45, 2.75) is 20.1 Å². The molecular formula is C11H12ClN3O2. The van der Waals surface area contributed by atoms with Crippen molar-refractivity contribution in [3.8, 4) is 5.75 Å². The van der Waals surface area contributed by atoms with Gasteiger partial charge in [-0.15, -0.1) is 0 Å². The van der Waals surface area contributed by atoms with E-state index in [1.165, 1.54) is 0 Å². The van der Waals surface area contributed by atoms with Crippen molar-refractivity contribution < 1.29 is 9.26 Å². The second-order valence-corrected chi connectivity index (χ2v) is 3.86. The maximum absolute atomic E-state index is 6.03. The Kier molecular flexibility index (Phi) is 3.61. The number of para-hydroxylation sites is 1. The summed E-state index contributed by atoms with van der Waals surface area (Å²) in [4.78, 5) is 4.03. The van der Waals surface area contributed by atoms with Gasteiger partial charge in [0.2, 0.25) is 11.7 Å². The molecule has 0 amide bonds. The highest BCUT2D eigenvalue weighted by Gasteiger charge is 2.09. The highest BCUT2D eigenvalue weighted by atomic mass is 35.5. The normalized spacial score (nSPS) is 10.5. The van der Waals surface area contributed by atoms with Crippen molar-refractivity contribution in [2.75, 3.05) is 0 Å². The summed E-state index contributed by atoms with van der Waals surface area (Å²) in [6.45, 7) is 2.28. The van der Waals surface area contributed by atoms with Gasteiger partial charge in [0.25, 0.3) is 0 Å². The zero-order valence-electron chi connectivity index (χ0n) is 9.31. The summed E-state index contributed by atoms with van der Waals surface area (Å²) < 4.78 is 10.4. The number of ether oxygens (including phenoxy) is 1. The molecule has 0 unspecified atom stereocenters. The average Bonchev–Trinajstić information content (AvgIpc) is 2.73. The van der Waals surface area contributed by atoms with Crippen LogP contribution in [0.25, 0.3) is 0 Å². The van der Waals surface area contributed by atoms with Gasteiger partial charge in [0.15, 0.2) is 6.61 Å². The number of nitrogens with zero attached hydrogens (tertiary/aromatic N) is 2. The summed E-state index contributed by atoms with van der Waals surface area (Å²) in [5.74, 6) is 1.55. The van der Waals surface area contributed by atoms with Crippen molar-refractivity contribution in [1.29, 1.82) is 0 Å². The third kappa shape index (κ3) is 2.75. The molecule has 0 bridgehead atoms. The first-order valence-corrected chi connectivity index (χ1v) is 5.48. The Morgan fingerprint density at radius 1 is 1.47 bits per heavy atom. The van der Waals surface area contributed by atoms with E-state index in [0.29, 0.717) is 29.0 Å². The number of rotatable bonds is 4. The minimum Gasteiger partial charge on any atom is -0.484 e. The fraction of sp³-hybridized carbons (Fsp3) is 0.273. The van der Waals surface area contributed by atoms with Gasteiger partial charge < -0.3 is 15.0 Å². The van der Waals surface area contributed by atoms with Gasteiger partial charge in [0.1, 0.15) is 5.75 Å². The minimum absolute atomic E-state index is 0.202. The van der Waals surface area contributed by atoms with Crippen LogP contribution in [-0.4, -0.2) is 10.1 Å². The van der Waals surface area contributed by atoms with Crippen molar-refractivity contribution >= 4 is 11.6 Å². The second-order valence-electron chi connectivity index (χ2n) is 3.45. The van der Waals surface area contributed by atoms with Gasteiger partial charge in [-0.05, 0) is 6.07 Å². The van der Waals surface area contributed by atoms with Gasteiger partial charge in [-0.25, -0.2) is 0 Å². The van der Waals surface area contributed by atoms with Gasteiger partial charge in [-0.1, -0.05) is 28.9 Å². The number of aryl methyl sites for hydroxylation is 1. The maximum atomic E-state index is 6.03. The number of aromatic nitrogens is 2. The van der Waals surface area contributed by atoms with E-state index in [2.05, 4.69) is 10.1 Å². The van der Waals surface area contributed by atoms with E-state index in [0.717, 1.165) is 5.56 Å². The van der Waals surface area contributed by atoms with Gasteiger partial charge in [-0.3, -0.25) is 0 Å². The Morgan fingerprint density at radius 2 is 2.29 bits per heavy atom. The topological polar surface area (TPSA) is 74.2 Å². The molecule has 2 N–H and O–H groups in total. The molecule has 0 saturated carbocycles. The Bertz CT molecular complexity index is 513. The molecule has 1 aromatic carbocycles. The van der Waals surface area contributed by atoms with Crippen LogP contribution in [0.3, 0.4) is 0 Å². The maximum Gasteiger partial charge on any atom is 0.223 e. The molecule has 17 heavy (non-hydrogen) atoms. The van der Waals surface area contributed by atoms with Crippen LogP contribution in [0.1, 0.15) is 17.3 Å². The molecule has 0 saturated heterocycles. The minimum atomic E-state index is 0.202. The molecule has 1 aromatic heterocycles. The molecule has 6 heteroatoms. The van der Waals surface area contributed by atoms with Gasteiger partial charge >= 0.3 is 0 Å². The second kappa shape index (κ2) is 5.16. The van der Waals surface area contributed by atoms with Gasteiger partial charge in [0, 0.05) is 19.0 Å². The lowest BCUT2D eigenvalue weighted by Gasteiger charge is -2.10. The third-order valence-corrected chi connectivity index (χ3v) is 2.48. The van der Waals surface area contributed by atoms with Crippen molar-refractivity contribution in [2.24, 2.45) is 5.73 Å². The molecule has 0 spiro atoms. The van der Waals surface area contributed by atoms with Crippen molar-refractivity contribution in [3.63, 3.8) is 0 Å². The van der Waals surface area contributed by atoms with Crippen molar-refractivity contribution in [1.82, 2.24) is 10.1 Å². The number of hydrogen-bond donors (Lipinski definition) is 1. The molecule has 2 aromatic rings. The quantitative estimate of drug-likeness (QED) is 0.903. The Balaban J connectivity index is 2.13. The van der Waals surface area contributed by atoms with E-state index in [4.69, 9.17) is 26.6 Å². The summed E-state index contributed by atoms with van der Waals surface area (Å²) >= 11 is 6.03. The Morgan fingerprint density at radius 3 is 2.94 bits per heavy atom. The summed E-state index contributed by atoms with van der Waals surface area (Å²) in [7, 11) is 0. The molecule has 0 aliphatic heterocycles. The van der Waals surface area contributed by atoms with E-state index < -0.39 is 0 Å². The van der Waals surface area contributed by atoms with E-state index in [9.17, 15) is 0 Å². The van der Waals surface area contributed by atoms with E-state index in [-0.39, 0.29) is 6.61 Å². The predicted octanol–water partition coefficient (Wildman–Crippen LogP) is 2.07. The first-order valence-electron chi connectivity index (χ1n) is 5.10. The third-order valence-electron chi connectivity index (χ3n) is 2.18.